The lowest BCUT2D eigenvalue weighted by molar-refractivity contribution is 1.29. The summed E-state index contributed by atoms with van der Waals surface area (Å²) >= 11 is 0. The van der Waals surface area contributed by atoms with Crippen LogP contribution in [0.15, 0.2) is 60.0 Å². The average Bonchev–Trinajstić information content (AvgIpc) is 2.55. The van der Waals surface area contributed by atoms with Gasteiger partial charge in [-0.3, -0.25) is 15.4 Å². The maximum Gasteiger partial charge on any atom is 0.0991 e. The molecule has 0 saturated heterocycles. The number of nitriles is 1. The lowest BCUT2D eigenvalue weighted by atomic mass is 10.2. The highest BCUT2D eigenvalue weighted by Gasteiger charge is 1.96. The maximum absolute atomic E-state index is 8.73. The first-order valence-electron chi connectivity index (χ1n) is 6.35. The zero-order valence-electron chi connectivity index (χ0n) is 11.1. The Morgan fingerprint density at radius 1 is 1.00 bits per heavy atom. The molecular weight excluding hydrogens is 262 g/mol. The van der Waals surface area contributed by atoms with E-state index in [9.17, 15) is 0 Å². The first-order chi connectivity index (χ1) is 10.3. The zero-order valence-corrected chi connectivity index (χ0v) is 11.1. The van der Waals surface area contributed by atoms with Gasteiger partial charge in [0.05, 0.1) is 34.6 Å². The summed E-state index contributed by atoms with van der Waals surface area (Å²) in [5.74, 6) is 0. The maximum atomic E-state index is 8.73. The number of anilines is 1. The van der Waals surface area contributed by atoms with E-state index in [-0.39, 0.29) is 0 Å². The summed E-state index contributed by atoms with van der Waals surface area (Å²) in [5, 5.41) is 12.9. The molecule has 0 radical (unpaired) electrons. The van der Waals surface area contributed by atoms with Crippen LogP contribution in [0.25, 0.3) is 11.0 Å². The van der Waals surface area contributed by atoms with E-state index in [1.54, 1.807) is 30.7 Å². The molecule has 0 aliphatic rings. The lowest BCUT2D eigenvalue weighted by Gasteiger charge is -2.00. The number of hydrogen-bond acceptors (Lipinski definition) is 5. The molecule has 2 aromatic carbocycles. The number of fused-ring (bicyclic) bond motifs is 1. The number of rotatable bonds is 3. The fourth-order valence-corrected chi connectivity index (χ4v) is 1.86. The van der Waals surface area contributed by atoms with Crippen LogP contribution in [0.1, 0.15) is 11.1 Å². The third kappa shape index (κ3) is 3.01. The molecule has 0 aliphatic carbocycles. The Bertz CT molecular complexity index is 831. The predicted octanol–water partition coefficient (Wildman–Crippen LogP) is 2.95. The van der Waals surface area contributed by atoms with Crippen molar-refractivity contribution in [2.45, 2.75) is 0 Å². The van der Waals surface area contributed by atoms with Crippen molar-refractivity contribution in [2.24, 2.45) is 5.10 Å². The van der Waals surface area contributed by atoms with Gasteiger partial charge in [0.1, 0.15) is 0 Å². The molecule has 1 N–H and O–H groups in total. The van der Waals surface area contributed by atoms with Crippen LogP contribution in [0, 0.1) is 11.3 Å². The number of aromatic nitrogens is 2. The predicted molar refractivity (Wildman–Crippen MR) is 81.9 cm³/mol. The van der Waals surface area contributed by atoms with Crippen molar-refractivity contribution in [2.75, 3.05) is 5.43 Å². The first kappa shape index (κ1) is 12.8. The molecule has 1 heterocycles. The standard InChI is InChI=1S/C16H11N5/c17-10-12-1-4-14(5-2-12)21-20-11-13-3-6-15-16(9-13)19-8-7-18-15/h1-9,11,21H/b20-11+. The second kappa shape index (κ2) is 5.80. The van der Waals surface area contributed by atoms with Crippen molar-refractivity contribution in [3.8, 4) is 6.07 Å². The minimum Gasteiger partial charge on any atom is -0.279 e. The molecule has 100 valence electrons. The van der Waals surface area contributed by atoms with E-state index < -0.39 is 0 Å². The minimum absolute atomic E-state index is 0.623. The molecule has 5 nitrogen and oxygen atoms in total. The van der Waals surface area contributed by atoms with E-state index in [4.69, 9.17) is 5.26 Å². The number of hydrazone groups is 1. The van der Waals surface area contributed by atoms with Gasteiger partial charge in [0, 0.05) is 12.4 Å². The van der Waals surface area contributed by atoms with Gasteiger partial charge in [-0.25, -0.2) is 0 Å². The average molecular weight is 273 g/mol. The largest absolute Gasteiger partial charge is 0.279 e. The van der Waals surface area contributed by atoms with Gasteiger partial charge in [-0.1, -0.05) is 6.07 Å². The van der Waals surface area contributed by atoms with Crippen LogP contribution in [0.2, 0.25) is 0 Å². The third-order valence-electron chi connectivity index (χ3n) is 2.91. The van der Waals surface area contributed by atoms with Gasteiger partial charge in [0.25, 0.3) is 0 Å². The fraction of sp³-hybridized carbons (Fsp3) is 0. The van der Waals surface area contributed by atoms with Gasteiger partial charge < -0.3 is 0 Å². The normalized spacial score (nSPS) is 10.6. The number of nitrogens with zero attached hydrogens (tertiary/aromatic N) is 4. The quantitative estimate of drug-likeness (QED) is 0.588. The first-order valence-corrected chi connectivity index (χ1v) is 6.35. The summed E-state index contributed by atoms with van der Waals surface area (Å²) in [6.45, 7) is 0. The van der Waals surface area contributed by atoms with E-state index in [0.717, 1.165) is 22.3 Å². The van der Waals surface area contributed by atoms with Crippen LogP contribution in [0.5, 0.6) is 0 Å². The molecule has 0 bridgehead atoms. The monoisotopic (exact) mass is 273 g/mol. The Labute approximate surface area is 121 Å². The smallest absolute Gasteiger partial charge is 0.0991 e. The van der Waals surface area contributed by atoms with Crippen molar-refractivity contribution in [1.29, 1.82) is 5.26 Å². The molecule has 0 amide bonds. The summed E-state index contributed by atoms with van der Waals surface area (Å²) in [6.07, 6.45) is 5.05. The Morgan fingerprint density at radius 3 is 2.52 bits per heavy atom. The summed E-state index contributed by atoms with van der Waals surface area (Å²) in [7, 11) is 0. The summed E-state index contributed by atoms with van der Waals surface area (Å²) in [5.41, 5.74) is 6.99. The second-order valence-corrected chi connectivity index (χ2v) is 4.36. The SMILES string of the molecule is N#Cc1ccc(N/N=C/c2ccc3nccnc3c2)cc1. The lowest BCUT2D eigenvalue weighted by Crippen LogP contribution is -1.91. The Morgan fingerprint density at radius 2 is 1.76 bits per heavy atom. The van der Waals surface area contributed by atoms with Gasteiger partial charge >= 0.3 is 0 Å². The summed E-state index contributed by atoms with van der Waals surface area (Å²) in [6, 6.07) is 14.9. The number of hydrogen-bond donors (Lipinski definition) is 1. The molecule has 21 heavy (non-hydrogen) atoms. The topological polar surface area (TPSA) is 74.0 Å². The van der Waals surface area contributed by atoms with E-state index in [1.165, 1.54) is 0 Å². The van der Waals surface area contributed by atoms with Crippen LogP contribution in [-0.2, 0) is 0 Å². The van der Waals surface area contributed by atoms with Crippen molar-refractivity contribution < 1.29 is 0 Å². The van der Waals surface area contributed by atoms with E-state index in [2.05, 4.69) is 26.6 Å². The molecule has 1 aromatic heterocycles. The molecule has 3 aromatic rings. The summed E-state index contributed by atoms with van der Waals surface area (Å²) in [4.78, 5) is 8.47. The highest BCUT2D eigenvalue weighted by molar-refractivity contribution is 5.86. The van der Waals surface area contributed by atoms with Crippen LogP contribution in [-0.4, -0.2) is 16.2 Å². The Balaban J connectivity index is 1.73. The molecular formula is C16H11N5. The third-order valence-corrected chi connectivity index (χ3v) is 2.91. The molecule has 3 rings (SSSR count). The number of nitrogens with one attached hydrogen (secondary N) is 1. The molecule has 0 aliphatic heterocycles. The van der Waals surface area contributed by atoms with Gasteiger partial charge in [0.15, 0.2) is 0 Å². The van der Waals surface area contributed by atoms with Crippen LogP contribution < -0.4 is 5.43 Å². The van der Waals surface area contributed by atoms with Gasteiger partial charge in [-0.2, -0.15) is 10.4 Å². The fourth-order valence-electron chi connectivity index (χ4n) is 1.86. The molecule has 0 atom stereocenters. The molecule has 5 heteroatoms. The van der Waals surface area contributed by atoms with E-state index in [0.29, 0.717) is 5.56 Å². The molecule has 0 unspecified atom stereocenters. The van der Waals surface area contributed by atoms with Crippen LogP contribution in [0.3, 0.4) is 0 Å². The van der Waals surface area contributed by atoms with E-state index in [1.807, 2.05) is 30.3 Å². The van der Waals surface area contributed by atoms with Gasteiger partial charge in [-0.15, -0.1) is 0 Å². The van der Waals surface area contributed by atoms with Crippen molar-refractivity contribution in [3.63, 3.8) is 0 Å². The number of benzene rings is 2. The van der Waals surface area contributed by atoms with Crippen molar-refractivity contribution in [1.82, 2.24) is 9.97 Å². The minimum atomic E-state index is 0.623. The van der Waals surface area contributed by atoms with Crippen LogP contribution in [0.4, 0.5) is 5.69 Å². The summed E-state index contributed by atoms with van der Waals surface area (Å²) < 4.78 is 0. The highest BCUT2D eigenvalue weighted by atomic mass is 15.3. The highest BCUT2D eigenvalue weighted by Crippen LogP contribution is 2.10. The van der Waals surface area contributed by atoms with Crippen LogP contribution >= 0.6 is 0 Å². The van der Waals surface area contributed by atoms with E-state index >= 15 is 0 Å². The zero-order chi connectivity index (χ0) is 14.5. The Hall–Kier alpha value is -3.26. The molecule has 0 spiro atoms. The molecule has 0 saturated carbocycles. The Kier molecular flexibility index (Phi) is 3.52. The second-order valence-electron chi connectivity index (χ2n) is 4.36. The van der Waals surface area contributed by atoms with Crippen molar-refractivity contribution in [3.05, 3.63) is 66.0 Å². The van der Waals surface area contributed by atoms with Gasteiger partial charge in [0.2, 0.25) is 0 Å². The molecule has 0 fully saturated rings. The van der Waals surface area contributed by atoms with Gasteiger partial charge in [-0.05, 0) is 42.0 Å². The van der Waals surface area contributed by atoms with Crippen molar-refractivity contribution >= 4 is 22.9 Å².